The van der Waals surface area contributed by atoms with E-state index in [2.05, 4.69) is 238 Å². The molecular weight excluding hydrogens is 890 g/mol. The summed E-state index contributed by atoms with van der Waals surface area (Å²) in [5.41, 5.74) is 23.1. The smallest absolute Gasteiger partial charge is 0.252 e. The highest BCUT2D eigenvalue weighted by molar-refractivity contribution is 7.00. The van der Waals surface area contributed by atoms with Gasteiger partial charge in [-0.3, -0.25) is 0 Å². The topological polar surface area (TPSA) is 36.0 Å². The second kappa shape index (κ2) is 15.1. The standard InChI is InChI=1S/C67H56BN3O2/c1-41-36-57-63-58(37-41)70(55-24-16-22-47-46-20-10-12-25-59(46)73-64(47)55)56-40-45(71-52-32-28-43(42-18-8-7-9-19-42)38-49(52)66(5)34-14-15-35-67(66,71)6)30-31-50(56)68(63)51-39-44(65(2,3)4)29-33-53(51)69(57)54-23-17-27-61-62(54)48-21-11-13-26-60(48)72-61/h7-13,16-33,36-40H,14-15,34-35H2,1-6H3. The Hall–Kier alpha value is -7.96. The number of fused-ring (bicyclic) bond motifs is 13. The number of para-hydroxylation sites is 3. The lowest BCUT2D eigenvalue weighted by Gasteiger charge is -2.50. The Morgan fingerprint density at radius 3 is 1.97 bits per heavy atom. The van der Waals surface area contributed by atoms with Crippen LogP contribution in [0.4, 0.5) is 45.5 Å². The first-order chi connectivity index (χ1) is 35.5. The van der Waals surface area contributed by atoms with Crippen molar-refractivity contribution in [1.29, 1.82) is 0 Å². The molecule has 0 N–H and O–H groups in total. The van der Waals surface area contributed by atoms with E-state index in [9.17, 15) is 0 Å². The van der Waals surface area contributed by atoms with Crippen LogP contribution < -0.4 is 31.1 Å². The lowest BCUT2D eigenvalue weighted by molar-refractivity contribution is 0.195. The molecular formula is C67H56BN3O2. The zero-order valence-electron chi connectivity index (χ0n) is 42.4. The molecule has 2 atom stereocenters. The van der Waals surface area contributed by atoms with Gasteiger partial charge in [-0.15, -0.1) is 0 Å². The molecule has 2 unspecified atom stereocenters. The summed E-state index contributed by atoms with van der Waals surface area (Å²) in [7, 11) is 0. The van der Waals surface area contributed by atoms with Crippen LogP contribution in [0.15, 0.2) is 191 Å². The normalized spacial score (nSPS) is 18.9. The predicted molar refractivity (Wildman–Crippen MR) is 307 cm³/mol. The van der Waals surface area contributed by atoms with Crippen molar-refractivity contribution >= 4 is 112 Å². The van der Waals surface area contributed by atoms with E-state index in [0.717, 1.165) is 68.1 Å². The zero-order chi connectivity index (χ0) is 49.1. The van der Waals surface area contributed by atoms with Crippen molar-refractivity contribution in [3.63, 3.8) is 0 Å². The summed E-state index contributed by atoms with van der Waals surface area (Å²) in [5.74, 6) is 0. The van der Waals surface area contributed by atoms with E-state index >= 15 is 0 Å². The number of hydrogen-bond acceptors (Lipinski definition) is 5. The highest BCUT2D eigenvalue weighted by Crippen LogP contribution is 2.62. The van der Waals surface area contributed by atoms with Gasteiger partial charge in [0.05, 0.1) is 22.3 Å². The molecule has 3 aliphatic heterocycles. The molecule has 15 rings (SSSR count). The molecule has 9 aromatic carbocycles. The van der Waals surface area contributed by atoms with Crippen LogP contribution in [0.3, 0.4) is 0 Å². The van der Waals surface area contributed by atoms with Crippen molar-refractivity contribution in [2.45, 2.75) is 83.6 Å². The average molecular weight is 946 g/mol. The van der Waals surface area contributed by atoms with Crippen LogP contribution in [-0.2, 0) is 10.8 Å². The molecule has 4 aliphatic rings. The van der Waals surface area contributed by atoms with Crippen molar-refractivity contribution in [1.82, 2.24) is 0 Å². The van der Waals surface area contributed by atoms with Crippen molar-refractivity contribution in [3.8, 4) is 11.1 Å². The molecule has 0 saturated heterocycles. The molecule has 0 amide bonds. The number of rotatable bonds is 4. The molecule has 2 aromatic heterocycles. The van der Waals surface area contributed by atoms with Crippen molar-refractivity contribution < 1.29 is 8.83 Å². The molecule has 11 aromatic rings. The van der Waals surface area contributed by atoms with Crippen molar-refractivity contribution in [2.24, 2.45) is 0 Å². The molecule has 1 fully saturated rings. The van der Waals surface area contributed by atoms with Crippen LogP contribution in [0.5, 0.6) is 0 Å². The van der Waals surface area contributed by atoms with E-state index in [0.29, 0.717) is 0 Å². The maximum absolute atomic E-state index is 7.03. The molecule has 73 heavy (non-hydrogen) atoms. The Morgan fingerprint density at radius 2 is 1.16 bits per heavy atom. The number of aryl methyl sites for hydroxylation is 1. The molecule has 1 saturated carbocycles. The minimum absolute atomic E-state index is 0.0439. The third-order valence-electron chi connectivity index (χ3n) is 17.8. The van der Waals surface area contributed by atoms with Gasteiger partial charge in [0.25, 0.3) is 6.71 Å². The van der Waals surface area contributed by atoms with E-state index in [4.69, 9.17) is 8.83 Å². The summed E-state index contributed by atoms with van der Waals surface area (Å²) < 4.78 is 13.6. The van der Waals surface area contributed by atoms with Gasteiger partial charge in [0.1, 0.15) is 16.7 Å². The third kappa shape index (κ3) is 5.86. The number of benzene rings is 9. The van der Waals surface area contributed by atoms with E-state index < -0.39 is 0 Å². The first-order valence-corrected chi connectivity index (χ1v) is 26.3. The van der Waals surface area contributed by atoms with Crippen LogP contribution in [-0.4, -0.2) is 12.3 Å². The van der Waals surface area contributed by atoms with Gasteiger partial charge in [-0.25, -0.2) is 0 Å². The summed E-state index contributed by atoms with van der Waals surface area (Å²) in [6.07, 6.45) is 4.70. The SMILES string of the molecule is Cc1cc2c3c(c1)N(c1cccc4oc5ccccc5c14)c1ccc(C(C)(C)C)cc1B3c1ccc(N3c4ccc(-c5ccccc5)cc4C4(C)CCCCC34C)cc1N2c1cccc2c1oc1ccccc12. The van der Waals surface area contributed by atoms with Gasteiger partial charge in [0, 0.05) is 55.7 Å². The maximum atomic E-state index is 7.03. The minimum atomic E-state index is -0.144. The second-order valence-electron chi connectivity index (χ2n) is 22.8. The lowest BCUT2D eigenvalue weighted by atomic mass is 9.33. The first-order valence-electron chi connectivity index (χ1n) is 26.3. The Morgan fingerprint density at radius 1 is 0.493 bits per heavy atom. The summed E-state index contributed by atoms with van der Waals surface area (Å²) in [6.45, 7) is 14.3. The van der Waals surface area contributed by atoms with E-state index in [1.54, 1.807) is 0 Å². The van der Waals surface area contributed by atoms with Crippen molar-refractivity contribution in [3.05, 3.63) is 199 Å². The Balaban J connectivity index is 1.03. The fourth-order valence-electron chi connectivity index (χ4n) is 14.0. The van der Waals surface area contributed by atoms with Gasteiger partial charge in [-0.2, -0.15) is 0 Å². The quantitative estimate of drug-likeness (QED) is 0.164. The Labute approximate surface area is 427 Å². The molecule has 0 spiro atoms. The van der Waals surface area contributed by atoms with Crippen LogP contribution in [0, 0.1) is 6.92 Å². The van der Waals surface area contributed by atoms with E-state index in [1.807, 2.05) is 0 Å². The molecule has 0 bridgehead atoms. The van der Waals surface area contributed by atoms with Crippen molar-refractivity contribution in [2.75, 3.05) is 14.7 Å². The fraction of sp³-hybridized carbons (Fsp3) is 0.194. The highest BCUT2D eigenvalue weighted by Gasteiger charge is 2.58. The summed E-state index contributed by atoms with van der Waals surface area (Å²) >= 11 is 0. The third-order valence-corrected chi connectivity index (χ3v) is 17.8. The zero-order valence-corrected chi connectivity index (χ0v) is 42.4. The monoisotopic (exact) mass is 945 g/mol. The van der Waals surface area contributed by atoms with Crippen LogP contribution in [0.2, 0.25) is 0 Å². The Bertz CT molecular complexity index is 4120. The molecule has 5 heterocycles. The predicted octanol–water partition coefficient (Wildman–Crippen LogP) is 16.6. The highest BCUT2D eigenvalue weighted by atomic mass is 16.3. The first kappa shape index (κ1) is 42.7. The lowest BCUT2D eigenvalue weighted by Crippen LogP contribution is -2.61. The number of anilines is 8. The minimum Gasteiger partial charge on any atom is -0.456 e. The molecule has 5 nitrogen and oxygen atoms in total. The van der Waals surface area contributed by atoms with E-state index in [1.165, 1.54) is 91.2 Å². The average Bonchev–Trinajstić information content (AvgIpc) is 4.06. The number of furan rings is 2. The summed E-state index contributed by atoms with van der Waals surface area (Å²) in [6, 6.07) is 68.0. The van der Waals surface area contributed by atoms with E-state index in [-0.39, 0.29) is 23.1 Å². The summed E-state index contributed by atoms with van der Waals surface area (Å²) in [5, 5.41) is 4.47. The molecule has 354 valence electrons. The maximum Gasteiger partial charge on any atom is 0.252 e. The Kier molecular flexibility index (Phi) is 8.80. The van der Waals surface area contributed by atoms with Gasteiger partial charge in [-0.05, 0) is 149 Å². The number of nitrogens with zero attached hydrogens (tertiary/aromatic N) is 3. The van der Waals surface area contributed by atoms with Gasteiger partial charge in [0.2, 0.25) is 0 Å². The van der Waals surface area contributed by atoms with Gasteiger partial charge >= 0.3 is 0 Å². The van der Waals surface area contributed by atoms with Gasteiger partial charge in [-0.1, -0.05) is 150 Å². The number of hydrogen-bond donors (Lipinski definition) is 0. The molecule has 1 aliphatic carbocycles. The van der Waals surface area contributed by atoms with Crippen LogP contribution in [0.1, 0.15) is 77.0 Å². The van der Waals surface area contributed by atoms with Gasteiger partial charge < -0.3 is 23.5 Å². The van der Waals surface area contributed by atoms with Gasteiger partial charge in [0.15, 0.2) is 5.58 Å². The van der Waals surface area contributed by atoms with Crippen LogP contribution >= 0.6 is 0 Å². The molecule has 0 radical (unpaired) electrons. The fourth-order valence-corrected chi connectivity index (χ4v) is 14.0. The second-order valence-corrected chi connectivity index (χ2v) is 22.8. The van der Waals surface area contributed by atoms with Crippen LogP contribution in [0.25, 0.3) is 55.0 Å². The summed E-state index contributed by atoms with van der Waals surface area (Å²) in [4.78, 5) is 7.86. The largest absolute Gasteiger partial charge is 0.456 e. The molecule has 6 heteroatoms.